The molecule has 2 amide bonds. The number of amides is 2. The molecule has 0 heterocycles. The number of hydrogen-bond donors (Lipinski definition) is 2. The van der Waals surface area contributed by atoms with Crippen LogP contribution in [-0.4, -0.2) is 28.4 Å². The van der Waals surface area contributed by atoms with Gasteiger partial charge in [-0.1, -0.05) is 23.7 Å². The van der Waals surface area contributed by atoms with Crippen LogP contribution in [0.4, 0.5) is 11.4 Å². The zero-order chi connectivity index (χ0) is 24.7. The van der Waals surface area contributed by atoms with Crippen LogP contribution in [-0.2, 0) is 9.59 Å². The van der Waals surface area contributed by atoms with Gasteiger partial charge in [0.1, 0.15) is 5.75 Å². The van der Waals surface area contributed by atoms with Crippen molar-refractivity contribution in [2.24, 2.45) is 5.10 Å². The van der Waals surface area contributed by atoms with Gasteiger partial charge < -0.3 is 10.1 Å². The standard InChI is InChI=1S/C23H17ClN4O6/c1-14(26-27-22(30)21(29)25-17-10-8-16(24)9-11-17)19-4-2-3-5-20(19)34-23(31)15-6-12-18(13-7-15)28(32)33/h2-13H,1H3,(H,25,29)(H,27,30)/b26-14+. The summed E-state index contributed by atoms with van der Waals surface area (Å²) < 4.78 is 5.40. The van der Waals surface area contributed by atoms with Gasteiger partial charge in [0.05, 0.1) is 16.2 Å². The third-order valence-electron chi connectivity index (χ3n) is 4.43. The van der Waals surface area contributed by atoms with Gasteiger partial charge in [0.2, 0.25) is 0 Å². The van der Waals surface area contributed by atoms with Crippen LogP contribution < -0.4 is 15.5 Å². The highest BCUT2D eigenvalue weighted by molar-refractivity contribution is 6.39. The summed E-state index contributed by atoms with van der Waals surface area (Å²) >= 11 is 5.78. The van der Waals surface area contributed by atoms with Crippen molar-refractivity contribution in [3.05, 3.63) is 99.1 Å². The minimum atomic E-state index is -1.00. The van der Waals surface area contributed by atoms with E-state index in [1.165, 1.54) is 42.5 Å². The van der Waals surface area contributed by atoms with E-state index in [0.29, 0.717) is 16.3 Å². The fraction of sp³-hybridized carbons (Fsp3) is 0.0435. The van der Waals surface area contributed by atoms with Crippen molar-refractivity contribution < 1.29 is 24.0 Å². The number of anilines is 1. The monoisotopic (exact) mass is 480 g/mol. The Morgan fingerprint density at radius 2 is 1.59 bits per heavy atom. The van der Waals surface area contributed by atoms with Crippen LogP contribution in [0.3, 0.4) is 0 Å². The molecule has 10 nitrogen and oxygen atoms in total. The molecular formula is C23H17ClN4O6. The maximum atomic E-state index is 12.5. The Labute approximate surface area is 198 Å². The number of nitro benzene ring substituents is 1. The molecule has 11 heteroatoms. The van der Waals surface area contributed by atoms with Crippen LogP contribution in [0.25, 0.3) is 0 Å². The molecule has 0 saturated heterocycles. The van der Waals surface area contributed by atoms with Crippen molar-refractivity contribution in [3.63, 3.8) is 0 Å². The van der Waals surface area contributed by atoms with E-state index in [0.717, 1.165) is 0 Å². The number of ether oxygens (including phenoxy) is 1. The number of halogens is 1. The molecule has 3 aromatic carbocycles. The minimum Gasteiger partial charge on any atom is -0.422 e. The lowest BCUT2D eigenvalue weighted by molar-refractivity contribution is -0.384. The van der Waals surface area contributed by atoms with Crippen LogP contribution in [0, 0.1) is 10.1 Å². The summed E-state index contributed by atoms with van der Waals surface area (Å²) in [6.45, 7) is 1.55. The first-order valence-electron chi connectivity index (χ1n) is 9.72. The zero-order valence-corrected chi connectivity index (χ0v) is 18.4. The van der Waals surface area contributed by atoms with Gasteiger partial charge in [-0.2, -0.15) is 5.10 Å². The SMILES string of the molecule is C/C(=N\NC(=O)C(=O)Nc1ccc(Cl)cc1)c1ccccc1OC(=O)c1ccc([N+](=O)[O-])cc1. The van der Waals surface area contributed by atoms with Gasteiger partial charge in [0, 0.05) is 28.4 Å². The third-order valence-corrected chi connectivity index (χ3v) is 4.68. The fourth-order valence-electron chi connectivity index (χ4n) is 2.70. The summed E-state index contributed by atoms with van der Waals surface area (Å²) in [4.78, 5) is 46.8. The Kier molecular flexibility index (Phi) is 7.67. The molecule has 0 atom stereocenters. The largest absolute Gasteiger partial charge is 0.422 e. The molecule has 0 aliphatic heterocycles. The molecule has 0 spiro atoms. The van der Waals surface area contributed by atoms with Crippen LogP contribution >= 0.6 is 11.6 Å². The number of carbonyl (C=O) groups excluding carboxylic acids is 3. The predicted octanol–water partition coefficient (Wildman–Crippen LogP) is 3.95. The smallest absolute Gasteiger partial charge is 0.343 e. The molecular weight excluding hydrogens is 464 g/mol. The number of non-ortho nitro benzene ring substituents is 1. The van der Waals surface area contributed by atoms with E-state index >= 15 is 0 Å². The van der Waals surface area contributed by atoms with Crippen LogP contribution in [0.1, 0.15) is 22.8 Å². The van der Waals surface area contributed by atoms with E-state index in [4.69, 9.17) is 16.3 Å². The number of para-hydroxylation sites is 1. The number of benzene rings is 3. The average Bonchev–Trinajstić information content (AvgIpc) is 2.84. The Bertz CT molecular complexity index is 1270. The number of rotatable bonds is 6. The maximum absolute atomic E-state index is 12.5. The molecule has 0 fully saturated rings. The number of hydrogen-bond acceptors (Lipinski definition) is 7. The van der Waals surface area contributed by atoms with Crippen molar-refractivity contribution in [3.8, 4) is 5.75 Å². The molecule has 0 aromatic heterocycles. The molecule has 0 unspecified atom stereocenters. The summed E-state index contributed by atoms with van der Waals surface area (Å²) in [5, 5.41) is 17.6. The van der Waals surface area contributed by atoms with E-state index in [2.05, 4.69) is 15.8 Å². The number of nitrogens with zero attached hydrogens (tertiary/aromatic N) is 2. The van der Waals surface area contributed by atoms with Crippen molar-refractivity contribution in [1.29, 1.82) is 0 Å². The van der Waals surface area contributed by atoms with Gasteiger partial charge in [-0.25, -0.2) is 10.2 Å². The van der Waals surface area contributed by atoms with Gasteiger partial charge in [-0.15, -0.1) is 0 Å². The van der Waals surface area contributed by atoms with Crippen LogP contribution in [0.15, 0.2) is 77.9 Å². The van der Waals surface area contributed by atoms with Gasteiger partial charge in [-0.05, 0) is 55.5 Å². The van der Waals surface area contributed by atoms with E-state index in [-0.39, 0.29) is 22.7 Å². The molecule has 172 valence electrons. The predicted molar refractivity (Wildman–Crippen MR) is 125 cm³/mol. The van der Waals surface area contributed by atoms with E-state index < -0.39 is 22.7 Å². The van der Waals surface area contributed by atoms with Gasteiger partial charge >= 0.3 is 17.8 Å². The second kappa shape index (κ2) is 10.8. The van der Waals surface area contributed by atoms with Gasteiger partial charge in [0.25, 0.3) is 5.69 Å². The Hall–Kier alpha value is -4.57. The van der Waals surface area contributed by atoms with Crippen molar-refractivity contribution in [1.82, 2.24) is 5.43 Å². The van der Waals surface area contributed by atoms with Crippen LogP contribution in [0.2, 0.25) is 5.02 Å². The molecule has 0 bridgehead atoms. The molecule has 3 aromatic rings. The number of esters is 1. The first kappa shape index (κ1) is 24.1. The molecule has 0 radical (unpaired) electrons. The summed E-state index contributed by atoms with van der Waals surface area (Å²) in [5.41, 5.74) is 3.14. The van der Waals surface area contributed by atoms with Crippen molar-refractivity contribution in [2.45, 2.75) is 6.92 Å². The topological polar surface area (TPSA) is 140 Å². The summed E-state index contributed by atoms with van der Waals surface area (Å²) in [7, 11) is 0. The first-order valence-corrected chi connectivity index (χ1v) is 10.1. The number of hydrazone groups is 1. The second-order valence-corrected chi connectivity index (χ2v) is 7.23. The normalized spacial score (nSPS) is 10.8. The molecule has 3 rings (SSSR count). The number of carbonyl (C=O) groups is 3. The van der Waals surface area contributed by atoms with E-state index in [1.807, 2.05) is 0 Å². The maximum Gasteiger partial charge on any atom is 0.343 e. The van der Waals surface area contributed by atoms with Gasteiger partial charge in [-0.3, -0.25) is 19.7 Å². The molecule has 0 saturated carbocycles. The first-order chi connectivity index (χ1) is 16.2. The van der Waals surface area contributed by atoms with E-state index in [1.54, 1.807) is 37.3 Å². The minimum absolute atomic E-state index is 0.113. The lowest BCUT2D eigenvalue weighted by Crippen LogP contribution is -2.33. The quantitative estimate of drug-likeness (QED) is 0.137. The molecule has 0 aliphatic carbocycles. The summed E-state index contributed by atoms with van der Waals surface area (Å²) in [6.07, 6.45) is 0. The summed E-state index contributed by atoms with van der Waals surface area (Å²) in [6, 6.07) is 17.6. The average molecular weight is 481 g/mol. The lowest BCUT2D eigenvalue weighted by atomic mass is 10.1. The molecule has 34 heavy (non-hydrogen) atoms. The van der Waals surface area contributed by atoms with Gasteiger partial charge in [0.15, 0.2) is 0 Å². The second-order valence-electron chi connectivity index (χ2n) is 6.79. The Balaban J connectivity index is 1.68. The van der Waals surface area contributed by atoms with Crippen LogP contribution in [0.5, 0.6) is 5.75 Å². The van der Waals surface area contributed by atoms with Crippen molar-refractivity contribution in [2.75, 3.05) is 5.32 Å². The third kappa shape index (κ3) is 6.24. The zero-order valence-electron chi connectivity index (χ0n) is 17.7. The Morgan fingerprint density at radius 1 is 0.941 bits per heavy atom. The summed E-state index contributed by atoms with van der Waals surface area (Å²) in [5.74, 6) is -2.53. The number of nitro groups is 1. The highest BCUT2D eigenvalue weighted by atomic mass is 35.5. The molecule has 2 N–H and O–H groups in total. The highest BCUT2D eigenvalue weighted by Gasteiger charge is 2.16. The lowest BCUT2D eigenvalue weighted by Gasteiger charge is -2.10. The highest BCUT2D eigenvalue weighted by Crippen LogP contribution is 2.21. The van der Waals surface area contributed by atoms with E-state index in [9.17, 15) is 24.5 Å². The molecule has 0 aliphatic rings. The fourth-order valence-corrected chi connectivity index (χ4v) is 2.83. The Morgan fingerprint density at radius 3 is 2.24 bits per heavy atom. The number of nitrogens with one attached hydrogen (secondary N) is 2. The van der Waals surface area contributed by atoms with Crippen molar-refractivity contribution >= 4 is 46.5 Å².